The highest BCUT2D eigenvalue weighted by atomic mass is 32.2. The van der Waals surface area contributed by atoms with E-state index in [0.717, 1.165) is 17.7 Å². The fraction of sp³-hybridized carbons (Fsp3) is 0.282. The van der Waals surface area contributed by atoms with E-state index >= 15 is 0 Å². The van der Waals surface area contributed by atoms with E-state index in [1.807, 2.05) is 13.0 Å². The molecule has 0 radical (unpaired) electrons. The molecule has 0 spiro atoms. The number of benzene rings is 4. The average molecular weight is 814 g/mol. The number of Topliss-reactive ketones (excluding diaryl/α,β-unsaturated/α-hetero) is 2. The quantitative estimate of drug-likeness (QED) is 0.104. The molecule has 0 amide bonds. The number of carboxylic acids is 2. The Morgan fingerprint density at radius 2 is 1.14 bits per heavy atom. The van der Waals surface area contributed by atoms with Crippen molar-refractivity contribution in [3.05, 3.63) is 112 Å². The fourth-order valence-corrected chi connectivity index (χ4v) is 5.99. The highest BCUT2D eigenvalue weighted by molar-refractivity contribution is 7.85. The standard InChI is InChI=1S/C33H28O11S.C6H15N.O3S/c1-4-27(34)25-16-21(7-9-23(25)32(36)37)43-22-8-10-24(33(38)39)26(17-22)28(35)14-20-6-12-30(31(15-20)45(40,41)42)44-29-11-5-18(2)13-19(29)3;1-4-7(5-2)6-3;1-4(2)3/h5-13,15-17H,4,14H2,1-3H3,(H,36,37)(H,38,39)(H,40,41,42);4-6H2,1-3H3;. The van der Waals surface area contributed by atoms with Crippen molar-refractivity contribution in [3.8, 4) is 23.0 Å². The summed E-state index contributed by atoms with van der Waals surface area (Å²) in [7, 11) is -8.15. The number of aryl methyl sites for hydroxylation is 2. The summed E-state index contributed by atoms with van der Waals surface area (Å²) in [5.74, 6) is -3.67. The van der Waals surface area contributed by atoms with E-state index in [-0.39, 0.29) is 51.5 Å². The molecule has 0 fully saturated rings. The Kier molecular flexibility index (Phi) is 17.7. The van der Waals surface area contributed by atoms with E-state index in [1.54, 1.807) is 30.9 Å². The first-order valence-electron chi connectivity index (χ1n) is 17.2. The molecule has 0 atom stereocenters. The van der Waals surface area contributed by atoms with Gasteiger partial charge in [0.05, 0.1) is 35.7 Å². The van der Waals surface area contributed by atoms with Crippen LogP contribution < -0.4 is 14.4 Å². The Hall–Kier alpha value is -5.75. The van der Waals surface area contributed by atoms with Gasteiger partial charge in [-0.2, -0.15) is 0 Å². The molecule has 15 nitrogen and oxygen atoms in total. The van der Waals surface area contributed by atoms with Crippen LogP contribution in [0.1, 0.15) is 92.2 Å². The van der Waals surface area contributed by atoms with Crippen molar-refractivity contribution in [1.82, 2.24) is 0 Å². The molecule has 0 unspecified atom stereocenters. The van der Waals surface area contributed by atoms with Crippen molar-refractivity contribution in [2.75, 3.05) is 19.6 Å². The lowest BCUT2D eigenvalue weighted by Gasteiger charge is -2.17. The summed E-state index contributed by atoms with van der Waals surface area (Å²) < 4.78 is 73.2. The van der Waals surface area contributed by atoms with Gasteiger partial charge in [0.2, 0.25) is 0 Å². The number of ketones is 2. The monoisotopic (exact) mass is 813 g/mol. The van der Waals surface area contributed by atoms with Crippen molar-refractivity contribution in [3.63, 3.8) is 0 Å². The van der Waals surface area contributed by atoms with Crippen LogP contribution in [0.2, 0.25) is 0 Å². The molecule has 0 aliphatic carbocycles. The molecular formula is C39H43NO14S2. The zero-order chi connectivity index (χ0) is 42.3. The Balaban J connectivity index is 0.000000863. The molecule has 17 heteroatoms. The maximum absolute atomic E-state index is 13.4. The van der Waals surface area contributed by atoms with Crippen molar-refractivity contribution < 1.29 is 69.4 Å². The lowest BCUT2D eigenvalue weighted by Crippen LogP contribution is -3.11. The maximum atomic E-state index is 13.4. The van der Waals surface area contributed by atoms with E-state index in [9.17, 15) is 42.4 Å². The predicted molar refractivity (Wildman–Crippen MR) is 202 cm³/mol. The lowest BCUT2D eigenvalue weighted by atomic mass is 9.98. The van der Waals surface area contributed by atoms with Crippen LogP contribution in [0.15, 0.2) is 77.7 Å². The number of hydrogen-bond acceptors (Lipinski definition) is 12. The number of quaternary nitrogens is 1. The average Bonchev–Trinajstić information content (AvgIpc) is 3.13. The van der Waals surface area contributed by atoms with Crippen LogP contribution >= 0.6 is 0 Å². The van der Waals surface area contributed by atoms with E-state index in [4.69, 9.17) is 22.1 Å². The third-order valence-corrected chi connectivity index (χ3v) is 9.15. The van der Waals surface area contributed by atoms with Crippen LogP contribution in [0.5, 0.6) is 23.0 Å². The molecule has 0 saturated carbocycles. The second kappa shape index (κ2) is 21.4. The zero-order valence-electron chi connectivity index (χ0n) is 31.6. The van der Waals surface area contributed by atoms with Gasteiger partial charge in [-0.05, 0) is 100 Å². The summed E-state index contributed by atoms with van der Waals surface area (Å²) in [6, 6.07) is 16.2. The highest BCUT2D eigenvalue weighted by Gasteiger charge is 2.21. The molecule has 4 rings (SSSR count). The number of aromatic carboxylic acids is 2. The Bertz CT molecular complexity index is 2290. The number of carbonyl (C=O) groups is 4. The minimum Gasteiger partial charge on any atom is -0.744 e. The predicted octanol–water partition coefficient (Wildman–Crippen LogP) is 5.13. The van der Waals surface area contributed by atoms with Crippen molar-refractivity contribution in [2.24, 2.45) is 0 Å². The molecule has 0 aliphatic heterocycles. The number of carboxylic acid groups (broad SMARTS) is 2. The highest BCUT2D eigenvalue weighted by Crippen LogP contribution is 2.33. The Morgan fingerprint density at radius 3 is 1.55 bits per heavy atom. The summed E-state index contributed by atoms with van der Waals surface area (Å²) in [5.41, 5.74) is 0.852. The summed E-state index contributed by atoms with van der Waals surface area (Å²) in [4.78, 5) is 50.1. The number of rotatable bonds is 15. The van der Waals surface area contributed by atoms with E-state index < -0.39 is 55.5 Å². The summed E-state index contributed by atoms with van der Waals surface area (Å²) >= 11 is 0. The van der Waals surface area contributed by atoms with Crippen LogP contribution in [0.25, 0.3) is 0 Å². The summed E-state index contributed by atoms with van der Waals surface area (Å²) in [5, 5.41) is 19.1. The first-order chi connectivity index (χ1) is 26.2. The van der Waals surface area contributed by atoms with Gasteiger partial charge in [-0.3, -0.25) is 9.59 Å². The fourth-order valence-electron chi connectivity index (χ4n) is 5.34. The van der Waals surface area contributed by atoms with Gasteiger partial charge in [0.1, 0.15) is 33.1 Å². The minimum atomic E-state index is -5.04. The molecule has 0 saturated heterocycles. The first-order valence-corrected chi connectivity index (χ1v) is 19.6. The SMILES string of the molecule is CCC(=O)c1cc(Oc2ccc(C(=O)O)c(C(=O)Cc3ccc(Oc4ccc(C)cc4C)c(S(=O)(=O)[O-])c3)c2)ccc1C(=O)O.CC[NH+](CC)CC.O=S(=O)=O. The minimum absolute atomic E-state index is 0.0152. The second-order valence-electron chi connectivity index (χ2n) is 12.1. The smallest absolute Gasteiger partial charge is 0.425 e. The molecule has 0 heterocycles. The van der Waals surface area contributed by atoms with Crippen molar-refractivity contribution in [1.29, 1.82) is 0 Å². The number of carbonyl (C=O) groups excluding carboxylic acids is 2. The lowest BCUT2D eigenvalue weighted by molar-refractivity contribution is -0.894. The van der Waals surface area contributed by atoms with Gasteiger partial charge in [-0.1, -0.05) is 30.7 Å². The maximum Gasteiger partial charge on any atom is 0.425 e. The topological polar surface area (TPSA) is 240 Å². The Morgan fingerprint density at radius 1 is 0.661 bits per heavy atom. The molecule has 4 aromatic carbocycles. The van der Waals surface area contributed by atoms with Crippen LogP contribution in [0.4, 0.5) is 0 Å². The van der Waals surface area contributed by atoms with E-state index in [0.29, 0.717) is 11.3 Å². The third-order valence-electron chi connectivity index (χ3n) is 8.29. The number of nitrogens with one attached hydrogen (secondary N) is 1. The van der Waals surface area contributed by atoms with E-state index in [2.05, 4.69) is 20.8 Å². The first kappa shape index (κ1) is 46.4. The van der Waals surface area contributed by atoms with Crippen molar-refractivity contribution in [2.45, 2.75) is 59.3 Å². The van der Waals surface area contributed by atoms with Gasteiger partial charge in [0, 0.05) is 24.0 Å². The molecule has 0 bridgehead atoms. The third kappa shape index (κ3) is 13.8. The molecule has 3 N–H and O–H groups in total. The number of hydrogen-bond donors (Lipinski definition) is 3. The molecule has 4 aromatic rings. The molecule has 0 aromatic heterocycles. The van der Waals surface area contributed by atoms with Crippen molar-refractivity contribution >= 4 is 44.2 Å². The molecule has 300 valence electrons. The largest absolute Gasteiger partial charge is 0.744 e. The van der Waals surface area contributed by atoms with Crippen LogP contribution in [0, 0.1) is 13.8 Å². The van der Waals surface area contributed by atoms with Gasteiger partial charge < -0.3 is 29.1 Å². The van der Waals surface area contributed by atoms with Gasteiger partial charge in [0.25, 0.3) is 0 Å². The zero-order valence-corrected chi connectivity index (χ0v) is 33.2. The second-order valence-corrected chi connectivity index (χ2v) is 13.9. The molecule has 56 heavy (non-hydrogen) atoms. The summed E-state index contributed by atoms with van der Waals surface area (Å²) in [6.07, 6.45) is -0.428. The van der Waals surface area contributed by atoms with Gasteiger partial charge in [0.15, 0.2) is 11.6 Å². The molecule has 0 aliphatic rings. The van der Waals surface area contributed by atoms with Crippen LogP contribution in [-0.2, 0) is 27.1 Å². The van der Waals surface area contributed by atoms with E-state index in [1.165, 1.54) is 62.1 Å². The van der Waals surface area contributed by atoms with Gasteiger partial charge >= 0.3 is 22.5 Å². The van der Waals surface area contributed by atoms with Gasteiger partial charge in [-0.25, -0.2) is 18.0 Å². The van der Waals surface area contributed by atoms with Crippen LogP contribution in [0.3, 0.4) is 0 Å². The number of ether oxygens (including phenoxy) is 2. The Labute approximate surface area is 326 Å². The molecular weight excluding hydrogens is 771 g/mol. The van der Waals surface area contributed by atoms with Crippen LogP contribution in [-0.4, -0.2) is 78.9 Å². The van der Waals surface area contributed by atoms with Gasteiger partial charge in [-0.15, -0.1) is 12.6 Å². The normalized spacial score (nSPS) is 10.6. The summed E-state index contributed by atoms with van der Waals surface area (Å²) in [6.45, 7) is 15.7.